The molecule has 13 heavy (non-hydrogen) atoms. The second kappa shape index (κ2) is 5.32. The van der Waals surface area contributed by atoms with E-state index in [1.54, 1.807) is 0 Å². The Morgan fingerprint density at radius 2 is 2.38 bits per heavy atom. The predicted molar refractivity (Wildman–Crippen MR) is 48.2 cm³/mol. The van der Waals surface area contributed by atoms with Gasteiger partial charge < -0.3 is 0 Å². The van der Waals surface area contributed by atoms with Crippen LogP contribution in [-0.4, -0.2) is 43.5 Å². The minimum Gasteiger partial charge on any atom is -0.300 e. The highest BCUT2D eigenvalue weighted by atomic mass is 17.2. The molecule has 0 bridgehead atoms. The maximum absolute atomic E-state index is 11.2. The first kappa shape index (κ1) is 10.6. The van der Waals surface area contributed by atoms with E-state index in [0.717, 1.165) is 13.1 Å². The van der Waals surface area contributed by atoms with E-state index >= 15 is 0 Å². The van der Waals surface area contributed by atoms with Crippen LogP contribution in [-0.2, 0) is 14.6 Å². The molecule has 1 aliphatic heterocycles. The first-order valence-electron chi connectivity index (χ1n) is 4.69. The fourth-order valence-corrected chi connectivity index (χ4v) is 1.67. The van der Waals surface area contributed by atoms with Gasteiger partial charge in [0.2, 0.25) is 0 Å². The van der Waals surface area contributed by atoms with Crippen LogP contribution >= 0.6 is 0 Å². The summed E-state index contributed by atoms with van der Waals surface area (Å²) in [6.07, 6.45) is 1.27. The summed E-state index contributed by atoms with van der Waals surface area (Å²) in [7, 11) is 1.49. The van der Waals surface area contributed by atoms with Crippen LogP contribution in [0, 0.1) is 0 Å². The Kier molecular flexibility index (Phi) is 4.35. The Hall–Kier alpha value is -0.450. The molecule has 0 aromatic rings. The molecule has 1 unspecified atom stereocenters. The van der Waals surface area contributed by atoms with E-state index in [1.165, 1.54) is 7.11 Å². The predicted octanol–water partition coefficient (Wildman–Crippen LogP) is 0.618. The van der Waals surface area contributed by atoms with Crippen LogP contribution in [0.4, 0.5) is 0 Å². The van der Waals surface area contributed by atoms with Gasteiger partial charge in [-0.05, 0) is 6.54 Å². The van der Waals surface area contributed by atoms with Crippen molar-refractivity contribution in [3.63, 3.8) is 0 Å². The number of likely N-dealkylation sites (tertiary alicyclic amines) is 1. The minimum atomic E-state index is 0.200. The summed E-state index contributed by atoms with van der Waals surface area (Å²) in [5, 5.41) is 0. The minimum absolute atomic E-state index is 0.200. The lowest BCUT2D eigenvalue weighted by molar-refractivity contribution is -0.280. The van der Waals surface area contributed by atoms with Crippen molar-refractivity contribution in [3.05, 3.63) is 0 Å². The number of carbonyl (C=O) groups is 1. The summed E-state index contributed by atoms with van der Waals surface area (Å²) in [6.45, 7) is 4.39. The molecule has 1 heterocycles. The van der Waals surface area contributed by atoms with Gasteiger partial charge in [-0.15, -0.1) is 0 Å². The molecule has 0 saturated carbocycles. The summed E-state index contributed by atoms with van der Waals surface area (Å²) in [6, 6.07) is 0.200. The van der Waals surface area contributed by atoms with E-state index in [4.69, 9.17) is 4.89 Å². The Morgan fingerprint density at radius 1 is 1.62 bits per heavy atom. The van der Waals surface area contributed by atoms with Gasteiger partial charge in [-0.1, -0.05) is 6.92 Å². The van der Waals surface area contributed by atoms with Gasteiger partial charge in [0.1, 0.15) is 5.78 Å². The molecule has 0 aromatic heterocycles. The number of Topliss-reactive ketones (excluding diaryl/α,β-unsaturated/α-hetero) is 1. The van der Waals surface area contributed by atoms with Gasteiger partial charge in [0.25, 0.3) is 0 Å². The van der Waals surface area contributed by atoms with Crippen LogP contribution in [0.3, 0.4) is 0 Å². The first-order valence-corrected chi connectivity index (χ1v) is 4.69. The molecule has 0 spiro atoms. The Balaban J connectivity index is 2.39. The quantitative estimate of drug-likeness (QED) is 0.477. The molecule has 0 N–H and O–H groups in total. The zero-order valence-electron chi connectivity index (χ0n) is 8.28. The van der Waals surface area contributed by atoms with Gasteiger partial charge in [0.05, 0.1) is 13.7 Å². The average molecular weight is 187 g/mol. The summed E-state index contributed by atoms with van der Waals surface area (Å²) >= 11 is 0. The maximum atomic E-state index is 11.2. The maximum Gasteiger partial charge on any atom is 0.135 e. The molecule has 4 nitrogen and oxygen atoms in total. The molecule has 0 radical (unpaired) electrons. The Bertz CT molecular complexity index is 172. The molecule has 76 valence electrons. The summed E-state index contributed by atoms with van der Waals surface area (Å²) in [5.41, 5.74) is 0. The van der Waals surface area contributed by atoms with Crippen molar-refractivity contribution in [2.24, 2.45) is 0 Å². The largest absolute Gasteiger partial charge is 0.300 e. The van der Waals surface area contributed by atoms with Crippen molar-refractivity contribution in [3.8, 4) is 0 Å². The highest BCUT2D eigenvalue weighted by molar-refractivity contribution is 5.80. The van der Waals surface area contributed by atoms with Gasteiger partial charge in [-0.3, -0.25) is 9.69 Å². The Labute approximate surface area is 78.7 Å². The SMILES string of the molecule is CCN1CCC(=O)CC1COOC. The smallest absolute Gasteiger partial charge is 0.135 e. The number of nitrogens with zero attached hydrogens (tertiary/aromatic N) is 1. The van der Waals surface area contributed by atoms with Crippen molar-refractivity contribution >= 4 is 5.78 Å². The molecule has 0 aromatic carbocycles. The summed E-state index contributed by atoms with van der Waals surface area (Å²) in [4.78, 5) is 22.8. The fraction of sp³-hybridized carbons (Fsp3) is 0.889. The first-order chi connectivity index (χ1) is 6.27. The monoisotopic (exact) mass is 187 g/mol. The number of ketones is 1. The van der Waals surface area contributed by atoms with Crippen molar-refractivity contribution in [2.45, 2.75) is 25.8 Å². The van der Waals surface area contributed by atoms with E-state index < -0.39 is 0 Å². The zero-order chi connectivity index (χ0) is 9.68. The second-order valence-corrected chi connectivity index (χ2v) is 3.23. The number of likely N-dealkylation sites (N-methyl/N-ethyl adjacent to an activating group) is 1. The van der Waals surface area contributed by atoms with Gasteiger partial charge in [0.15, 0.2) is 0 Å². The topological polar surface area (TPSA) is 38.8 Å². The van der Waals surface area contributed by atoms with Crippen LogP contribution in [0.15, 0.2) is 0 Å². The van der Waals surface area contributed by atoms with Gasteiger partial charge >= 0.3 is 0 Å². The lowest BCUT2D eigenvalue weighted by Gasteiger charge is -2.33. The van der Waals surface area contributed by atoms with Crippen LogP contribution in [0.1, 0.15) is 19.8 Å². The van der Waals surface area contributed by atoms with Crippen LogP contribution in [0.25, 0.3) is 0 Å². The van der Waals surface area contributed by atoms with Crippen molar-refractivity contribution in [2.75, 3.05) is 26.8 Å². The van der Waals surface area contributed by atoms with Crippen molar-refractivity contribution in [1.29, 1.82) is 0 Å². The van der Waals surface area contributed by atoms with Gasteiger partial charge in [0, 0.05) is 25.4 Å². The number of hydrogen-bond acceptors (Lipinski definition) is 4. The standard InChI is InChI=1S/C9H17NO3/c1-3-10-5-4-9(11)6-8(10)7-13-12-2/h8H,3-7H2,1-2H3. The lowest BCUT2D eigenvalue weighted by Crippen LogP contribution is -2.45. The molecule has 4 heteroatoms. The van der Waals surface area contributed by atoms with E-state index in [0.29, 0.717) is 25.2 Å². The van der Waals surface area contributed by atoms with E-state index in [2.05, 4.69) is 16.7 Å². The third-order valence-electron chi connectivity index (χ3n) is 2.44. The highest BCUT2D eigenvalue weighted by Crippen LogP contribution is 2.14. The highest BCUT2D eigenvalue weighted by Gasteiger charge is 2.25. The molecular formula is C9H17NO3. The van der Waals surface area contributed by atoms with Crippen LogP contribution in [0.5, 0.6) is 0 Å². The third-order valence-corrected chi connectivity index (χ3v) is 2.44. The van der Waals surface area contributed by atoms with Crippen LogP contribution in [0.2, 0.25) is 0 Å². The number of carbonyl (C=O) groups excluding carboxylic acids is 1. The van der Waals surface area contributed by atoms with E-state index in [-0.39, 0.29) is 6.04 Å². The molecule has 1 aliphatic rings. The molecule has 1 fully saturated rings. The average Bonchev–Trinajstić information content (AvgIpc) is 2.15. The van der Waals surface area contributed by atoms with Gasteiger partial charge in [-0.25, -0.2) is 9.78 Å². The molecule has 0 aliphatic carbocycles. The molecule has 1 rings (SSSR count). The van der Waals surface area contributed by atoms with E-state index in [1.807, 2.05) is 0 Å². The summed E-state index contributed by atoms with van der Waals surface area (Å²) in [5.74, 6) is 0.328. The molecule has 1 saturated heterocycles. The van der Waals surface area contributed by atoms with Gasteiger partial charge in [-0.2, -0.15) is 0 Å². The summed E-state index contributed by atoms with van der Waals surface area (Å²) < 4.78 is 0. The zero-order valence-corrected chi connectivity index (χ0v) is 8.28. The normalized spacial score (nSPS) is 25.1. The molecule has 0 amide bonds. The number of piperidine rings is 1. The number of rotatable bonds is 4. The molecular weight excluding hydrogens is 170 g/mol. The third kappa shape index (κ3) is 3.06. The molecule has 1 atom stereocenters. The Morgan fingerprint density at radius 3 is 3.00 bits per heavy atom. The van der Waals surface area contributed by atoms with Crippen LogP contribution < -0.4 is 0 Å². The van der Waals surface area contributed by atoms with Crippen molar-refractivity contribution in [1.82, 2.24) is 4.90 Å². The lowest BCUT2D eigenvalue weighted by atomic mass is 10.0. The fourth-order valence-electron chi connectivity index (χ4n) is 1.67. The number of hydrogen-bond donors (Lipinski definition) is 0. The van der Waals surface area contributed by atoms with E-state index in [9.17, 15) is 4.79 Å². The van der Waals surface area contributed by atoms with Crippen molar-refractivity contribution < 1.29 is 14.6 Å². The second-order valence-electron chi connectivity index (χ2n) is 3.23.